The number of hydrogen-bond acceptors (Lipinski definition) is 2. The van der Waals surface area contributed by atoms with Crippen LogP contribution in [0.5, 0.6) is 0 Å². The van der Waals surface area contributed by atoms with Crippen molar-refractivity contribution in [3.63, 3.8) is 0 Å². The molecule has 0 saturated heterocycles. The Morgan fingerprint density at radius 2 is 1.74 bits per heavy atom. The van der Waals surface area contributed by atoms with Crippen LogP contribution >= 0.6 is 0 Å². The second-order valence-corrected chi connectivity index (χ2v) is 7.30. The molecule has 120 valence electrons. The second-order valence-electron chi connectivity index (χ2n) is 7.30. The van der Waals surface area contributed by atoms with E-state index in [0.29, 0.717) is 11.8 Å². The number of hydrogen-bond donors (Lipinski definition) is 2. The first-order chi connectivity index (χ1) is 11.0. The van der Waals surface area contributed by atoms with E-state index in [1.165, 1.54) is 0 Å². The number of carbonyl (C=O) groups is 2. The summed E-state index contributed by atoms with van der Waals surface area (Å²) in [6.45, 7) is 3.93. The summed E-state index contributed by atoms with van der Waals surface area (Å²) in [5, 5.41) is 12.7. The molecule has 6 atom stereocenters. The van der Waals surface area contributed by atoms with Crippen molar-refractivity contribution < 1.29 is 14.7 Å². The molecular formula is C19H21NO3. The number of anilines is 1. The number of carboxylic acids is 1. The first kappa shape index (κ1) is 14.5. The zero-order valence-electron chi connectivity index (χ0n) is 13.3. The van der Waals surface area contributed by atoms with Crippen LogP contribution in [-0.2, 0) is 9.59 Å². The third-order valence-corrected chi connectivity index (χ3v) is 5.89. The molecular weight excluding hydrogens is 290 g/mol. The highest BCUT2D eigenvalue weighted by Gasteiger charge is 2.62. The van der Waals surface area contributed by atoms with Crippen molar-refractivity contribution in [2.75, 3.05) is 5.32 Å². The van der Waals surface area contributed by atoms with Gasteiger partial charge in [-0.05, 0) is 61.1 Å². The average molecular weight is 311 g/mol. The highest BCUT2D eigenvalue weighted by Crippen LogP contribution is 2.63. The first-order valence-electron chi connectivity index (χ1n) is 8.26. The van der Waals surface area contributed by atoms with Gasteiger partial charge in [0.15, 0.2) is 0 Å². The molecule has 2 saturated carbocycles. The third kappa shape index (κ3) is 2.19. The maximum absolute atomic E-state index is 12.9. The molecule has 4 nitrogen and oxygen atoms in total. The minimum absolute atomic E-state index is 0.0249. The first-order valence-corrected chi connectivity index (χ1v) is 8.26. The smallest absolute Gasteiger partial charge is 0.307 e. The summed E-state index contributed by atoms with van der Waals surface area (Å²) >= 11 is 0. The van der Waals surface area contributed by atoms with Gasteiger partial charge in [-0.2, -0.15) is 0 Å². The summed E-state index contributed by atoms with van der Waals surface area (Å²) in [5.41, 5.74) is 2.86. The van der Waals surface area contributed by atoms with E-state index in [9.17, 15) is 14.7 Å². The van der Waals surface area contributed by atoms with E-state index < -0.39 is 17.8 Å². The number of carbonyl (C=O) groups excluding carboxylic acids is 1. The molecule has 2 N–H and O–H groups in total. The van der Waals surface area contributed by atoms with Gasteiger partial charge >= 0.3 is 5.97 Å². The van der Waals surface area contributed by atoms with Crippen LogP contribution < -0.4 is 5.32 Å². The van der Waals surface area contributed by atoms with Gasteiger partial charge in [-0.1, -0.05) is 24.3 Å². The van der Waals surface area contributed by atoms with Gasteiger partial charge in [-0.3, -0.25) is 9.59 Å². The van der Waals surface area contributed by atoms with E-state index in [0.717, 1.165) is 23.2 Å². The molecule has 4 aliphatic carbocycles. The van der Waals surface area contributed by atoms with Crippen LogP contribution in [0.4, 0.5) is 5.69 Å². The van der Waals surface area contributed by atoms with Crippen molar-refractivity contribution in [2.24, 2.45) is 35.5 Å². The van der Waals surface area contributed by atoms with Gasteiger partial charge in [0, 0.05) is 5.69 Å². The van der Waals surface area contributed by atoms with Crippen molar-refractivity contribution in [1.82, 2.24) is 0 Å². The van der Waals surface area contributed by atoms with Crippen molar-refractivity contribution in [3.8, 4) is 0 Å². The Labute approximate surface area is 135 Å². The van der Waals surface area contributed by atoms with E-state index in [-0.39, 0.29) is 17.7 Å². The summed E-state index contributed by atoms with van der Waals surface area (Å²) in [5.74, 6) is -0.921. The number of rotatable bonds is 3. The molecule has 0 aliphatic heterocycles. The largest absolute Gasteiger partial charge is 0.481 e. The Kier molecular flexibility index (Phi) is 3.12. The van der Waals surface area contributed by atoms with Gasteiger partial charge in [-0.25, -0.2) is 0 Å². The van der Waals surface area contributed by atoms with Crippen molar-refractivity contribution in [3.05, 3.63) is 41.5 Å². The fraction of sp³-hybridized carbons (Fsp3) is 0.474. The van der Waals surface area contributed by atoms with E-state index >= 15 is 0 Å². The van der Waals surface area contributed by atoms with Gasteiger partial charge in [0.1, 0.15) is 0 Å². The van der Waals surface area contributed by atoms with E-state index in [4.69, 9.17) is 0 Å². The number of aliphatic carboxylic acids is 1. The van der Waals surface area contributed by atoms with Gasteiger partial charge < -0.3 is 10.4 Å². The molecule has 0 radical (unpaired) electrons. The van der Waals surface area contributed by atoms with Crippen LogP contribution in [-0.4, -0.2) is 17.0 Å². The number of nitrogens with one attached hydrogen (secondary N) is 1. The van der Waals surface area contributed by atoms with Gasteiger partial charge in [0.25, 0.3) is 0 Å². The maximum Gasteiger partial charge on any atom is 0.307 e. The molecule has 2 fully saturated rings. The van der Waals surface area contributed by atoms with Crippen molar-refractivity contribution >= 4 is 17.6 Å². The lowest BCUT2D eigenvalue weighted by Crippen LogP contribution is -2.48. The van der Waals surface area contributed by atoms with Crippen LogP contribution in [0.15, 0.2) is 30.4 Å². The predicted molar refractivity (Wildman–Crippen MR) is 86.9 cm³/mol. The number of carboxylic acid groups (broad SMARTS) is 1. The minimum Gasteiger partial charge on any atom is -0.481 e. The molecule has 1 amide bonds. The Balaban J connectivity index is 1.63. The molecule has 5 rings (SSSR count). The number of amides is 1. The van der Waals surface area contributed by atoms with Crippen LogP contribution in [0.25, 0.3) is 0 Å². The summed E-state index contributed by atoms with van der Waals surface area (Å²) in [6.07, 6.45) is 5.20. The molecule has 0 heterocycles. The molecule has 1 aromatic rings. The summed E-state index contributed by atoms with van der Waals surface area (Å²) in [6, 6.07) is 5.93. The van der Waals surface area contributed by atoms with E-state index in [1.54, 1.807) is 0 Å². The number of benzene rings is 1. The molecule has 0 unspecified atom stereocenters. The lowest BCUT2D eigenvalue weighted by Gasteiger charge is -2.41. The Morgan fingerprint density at radius 3 is 2.39 bits per heavy atom. The standard InChI is InChI=1S/C19H21NO3/c1-9-3-4-10(2)15(7-9)20-18(21)16-11-5-6-12(14-8-13(11)14)17(16)19(22)23/h3-7,11-14,16-17H,8H2,1-2H3,(H,20,21)(H,22,23)/t11-,12-,13-,14-,16+,17+/m1/s1. The molecule has 4 aliphatic rings. The Morgan fingerprint density at radius 1 is 1.09 bits per heavy atom. The fourth-order valence-electron chi connectivity index (χ4n) is 4.66. The summed E-state index contributed by atoms with van der Waals surface area (Å²) in [7, 11) is 0. The lowest BCUT2D eigenvalue weighted by molar-refractivity contribution is -0.152. The number of aryl methyl sites for hydroxylation is 2. The number of allylic oxidation sites excluding steroid dienone is 2. The summed E-state index contributed by atoms with van der Waals surface area (Å²) in [4.78, 5) is 24.7. The Hall–Kier alpha value is -2.10. The van der Waals surface area contributed by atoms with Crippen LogP contribution in [0.1, 0.15) is 17.5 Å². The second kappa shape index (κ2) is 4.95. The van der Waals surface area contributed by atoms with Crippen molar-refractivity contribution in [1.29, 1.82) is 0 Å². The highest BCUT2D eigenvalue weighted by molar-refractivity contribution is 5.96. The van der Waals surface area contributed by atoms with Gasteiger partial charge in [0.2, 0.25) is 5.91 Å². The van der Waals surface area contributed by atoms with Gasteiger partial charge in [-0.15, -0.1) is 0 Å². The number of fused-ring (bicyclic) bond motifs is 1. The molecule has 4 heteroatoms. The summed E-state index contributed by atoms with van der Waals surface area (Å²) < 4.78 is 0. The van der Waals surface area contributed by atoms with E-state index in [2.05, 4.69) is 11.4 Å². The minimum atomic E-state index is -0.837. The SMILES string of the molecule is Cc1ccc(C)c(NC(=O)[C@H]2[C@@H]3C=C[C@H]([C@H]4C[C@H]34)[C@@H]2C(=O)O)c1. The monoisotopic (exact) mass is 311 g/mol. The van der Waals surface area contributed by atoms with Crippen LogP contribution in [0.3, 0.4) is 0 Å². The normalized spacial score (nSPS) is 36.4. The van der Waals surface area contributed by atoms with Crippen LogP contribution in [0, 0.1) is 49.4 Å². The molecule has 0 spiro atoms. The predicted octanol–water partition coefficient (Wildman–Crippen LogP) is 3.01. The zero-order chi connectivity index (χ0) is 16.3. The third-order valence-electron chi connectivity index (χ3n) is 5.89. The van der Waals surface area contributed by atoms with Crippen LogP contribution in [0.2, 0.25) is 0 Å². The molecule has 2 bridgehead atoms. The average Bonchev–Trinajstić information content (AvgIpc) is 3.32. The fourth-order valence-corrected chi connectivity index (χ4v) is 4.66. The lowest BCUT2D eigenvalue weighted by atomic mass is 9.62. The zero-order valence-corrected chi connectivity index (χ0v) is 13.3. The van der Waals surface area contributed by atoms with Gasteiger partial charge in [0.05, 0.1) is 11.8 Å². The maximum atomic E-state index is 12.9. The topological polar surface area (TPSA) is 66.4 Å². The van der Waals surface area contributed by atoms with Crippen molar-refractivity contribution in [2.45, 2.75) is 20.3 Å². The molecule has 0 aromatic heterocycles. The Bertz CT molecular complexity index is 723. The molecule has 23 heavy (non-hydrogen) atoms. The molecule has 1 aromatic carbocycles. The quantitative estimate of drug-likeness (QED) is 0.843. The van der Waals surface area contributed by atoms with E-state index in [1.807, 2.05) is 38.1 Å². The highest BCUT2D eigenvalue weighted by atomic mass is 16.4.